The summed E-state index contributed by atoms with van der Waals surface area (Å²) < 4.78 is 5.01. The normalized spacial score (nSPS) is 10.3. The van der Waals surface area contributed by atoms with Crippen LogP contribution in [0, 0.1) is 0 Å². The number of anilines is 3. The Balaban J connectivity index is 2.05. The minimum atomic E-state index is 0.0603. The summed E-state index contributed by atoms with van der Waals surface area (Å²) in [5, 5.41) is 10.2. The van der Waals surface area contributed by atoms with Crippen LogP contribution >= 0.6 is 0 Å². The van der Waals surface area contributed by atoms with Gasteiger partial charge in [0.15, 0.2) is 0 Å². The number of nitrogens with zero attached hydrogens (tertiary/aromatic N) is 2. The lowest BCUT2D eigenvalue weighted by Crippen LogP contribution is -1.91. The molecular weight excluding hydrogens is 204 g/mol. The second kappa shape index (κ2) is 4.65. The molecule has 0 amide bonds. The van der Waals surface area contributed by atoms with Gasteiger partial charge in [0, 0.05) is 5.69 Å². The molecule has 3 N–H and O–H groups in total. The van der Waals surface area contributed by atoms with E-state index in [1.54, 1.807) is 0 Å². The highest BCUT2D eigenvalue weighted by Gasteiger charge is 2.02. The minimum absolute atomic E-state index is 0.0603. The molecule has 2 aromatic rings. The molecular formula is C11H14N4O. The van der Waals surface area contributed by atoms with Gasteiger partial charge in [-0.25, -0.2) is 0 Å². The number of hydrogen-bond acceptors (Lipinski definition) is 5. The Morgan fingerprint density at radius 1 is 1.25 bits per heavy atom. The van der Waals surface area contributed by atoms with Crippen LogP contribution in [0.3, 0.4) is 0 Å². The van der Waals surface area contributed by atoms with E-state index < -0.39 is 0 Å². The maximum Gasteiger partial charge on any atom is 0.321 e. The van der Waals surface area contributed by atoms with E-state index in [1.807, 2.05) is 12.1 Å². The third kappa shape index (κ3) is 2.50. The van der Waals surface area contributed by atoms with Crippen molar-refractivity contribution in [1.29, 1.82) is 0 Å². The Kier molecular flexibility index (Phi) is 3.05. The molecule has 0 atom stereocenters. The quantitative estimate of drug-likeness (QED) is 0.823. The molecule has 1 aromatic carbocycles. The maximum atomic E-state index is 5.32. The van der Waals surface area contributed by atoms with Crippen molar-refractivity contribution in [3.05, 3.63) is 29.8 Å². The molecule has 0 bridgehead atoms. The number of hydrogen-bond donors (Lipinski definition) is 2. The Hall–Kier alpha value is -2.04. The Bertz CT molecular complexity index is 449. The number of nitrogens with one attached hydrogen (secondary N) is 1. The van der Waals surface area contributed by atoms with Crippen molar-refractivity contribution in [2.45, 2.75) is 19.8 Å². The lowest BCUT2D eigenvalue weighted by molar-refractivity contribution is 0.593. The largest absolute Gasteiger partial charge is 0.389 e. The molecule has 0 unspecified atom stereocenters. The molecule has 0 aliphatic rings. The fourth-order valence-corrected chi connectivity index (χ4v) is 1.45. The van der Waals surface area contributed by atoms with Crippen molar-refractivity contribution in [2.24, 2.45) is 0 Å². The molecule has 0 saturated carbocycles. The third-order valence-electron chi connectivity index (χ3n) is 2.18. The van der Waals surface area contributed by atoms with Crippen LogP contribution in [0.2, 0.25) is 0 Å². The summed E-state index contributed by atoms with van der Waals surface area (Å²) in [6.45, 7) is 2.16. The van der Waals surface area contributed by atoms with Crippen LogP contribution in [0.25, 0.3) is 0 Å². The summed E-state index contributed by atoms with van der Waals surface area (Å²) in [7, 11) is 0. The molecule has 16 heavy (non-hydrogen) atoms. The van der Waals surface area contributed by atoms with Gasteiger partial charge in [-0.2, -0.15) is 0 Å². The molecule has 5 heteroatoms. The highest BCUT2D eigenvalue weighted by molar-refractivity contribution is 5.52. The summed E-state index contributed by atoms with van der Waals surface area (Å²) in [5.41, 5.74) is 7.54. The van der Waals surface area contributed by atoms with Gasteiger partial charge in [0.05, 0.1) is 0 Å². The van der Waals surface area contributed by atoms with E-state index in [4.69, 9.17) is 10.2 Å². The van der Waals surface area contributed by atoms with Crippen molar-refractivity contribution < 1.29 is 4.42 Å². The van der Waals surface area contributed by atoms with Gasteiger partial charge in [0.1, 0.15) is 0 Å². The van der Waals surface area contributed by atoms with Crippen LogP contribution < -0.4 is 11.1 Å². The van der Waals surface area contributed by atoms with Crippen LogP contribution in [0.1, 0.15) is 18.9 Å². The maximum absolute atomic E-state index is 5.32. The topological polar surface area (TPSA) is 77.0 Å². The predicted octanol–water partition coefficient (Wildman–Crippen LogP) is 2.35. The van der Waals surface area contributed by atoms with E-state index in [2.05, 4.69) is 34.6 Å². The zero-order chi connectivity index (χ0) is 11.4. The Labute approximate surface area is 93.7 Å². The van der Waals surface area contributed by atoms with E-state index in [0.29, 0.717) is 6.01 Å². The van der Waals surface area contributed by atoms with Gasteiger partial charge in [-0.3, -0.25) is 0 Å². The van der Waals surface area contributed by atoms with Crippen LogP contribution in [0.5, 0.6) is 0 Å². The van der Waals surface area contributed by atoms with Crippen molar-refractivity contribution in [3.8, 4) is 0 Å². The zero-order valence-electron chi connectivity index (χ0n) is 9.10. The number of rotatable bonds is 4. The number of benzene rings is 1. The lowest BCUT2D eigenvalue weighted by atomic mass is 10.1. The second-order valence-electron chi connectivity index (χ2n) is 3.52. The molecule has 0 spiro atoms. The first-order valence-electron chi connectivity index (χ1n) is 5.23. The van der Waals surface area contributed by atoms with Gasteiger partial charge in [-0.05, 0) is 24.1 Å². The molecule has 0 radical (unpaired) electrons. The molecule has 1 heterocycles. The highest BCUT2D eigenvalue weighted by Crippen LogP contribution is 2.16. The lowest BCUT2D eigenvalue weighted by Gasteiger charge is -2.02. The van der Waals surface area contributed by atoms with Gasteiger partial charge >= 0.3 is 12.0 Å². The average Bonchev–Trinajstić information content (AvgIpc) is 2.67. The standard InChI is InChI=1S/C11H14N4O/c1-2-3-8-4-6-9(7-5-8)13-11-15-14-10(12)16-11/h4-7H,2-3H2,1H3,(H2,12,14)(H,13,15). The van der Waals surface area contributed by atoms with Gasteiger partial charge in [-0.15, -0.1) is 0 Å². The predicted molar refractivity (Wildman–Crippen MR) is 62.4 cm³/mol. The van der Waals surface area contributed by atoms with Crippen LogP contribution in [-0.4, -0.2) is 10.2 Å². The van der Waals surface area contributed by atoms with E-state index in [9.17, 15) is 0 Å². The van der Waals surface area contributed by atoms with Crippen LogP contribution in [0.4, 0.5) is 17.7 Å². The van der Waals surface area contributed by atoms with Crippen molar-refractivity contribution in [1.82, 2.24) is 10.2 Å². The number of aromatic nitrogens is 2. The number of nitrogen functional groups attached to an aromatic ring is 1. The summed E-state index contributed by atoms with van der Waals surface area (Å²) in [5.74, 6) is 0. The molecule has 0 saturated heterocycles. The van der Waals surface area contributed by atoms with Gasteiger partial charge in [0.2, 0.25) is 0 Å². The van der Waals surface area contributed by atoms with E-state index in [0.717, 1.165) is 18.5 Å². The first-order chi connectivity index (χ1) is 7.78. The summed E-state index contributed by atoms with van der Waals surface area (Å²) in [4.78, 5) is 0. The zero-order valence-corrected chi connectivity index (χ0v) is 9.10. The van der Waals surface area contributed by atoms with Crippen LogP contribution in [-0.2, 0) is 6.42 Å². The van der Waals surface area contributed by atoms with Crippen molar-refractivity contribution in [2.75, 3.05) is 11.1 Å². The second-order valence-corrected chi connectivity index (χ2v) is 3.52. The molecule has 84 valence electrons. The fourth-order valence-electron chi connectivity index (χ4n) is 1.45. The number of nitrogens with two attached hydrogens (primary N) is 1. The summed E-state index contributed by atoms with van der Waals surface area (Å²) in [6.07, 6.45) is 2.24. The minimum Gasteiger partial charge on any atom is -0.389 e. The summed E-state index contributed by atoms with van der Waals surface area (Å²) >= 11 is 0. The molecule has 2 rings (SSSR count). The first kappa shape index (κ1) is 10.5. The van der Waals surface area contributed by atoms with Gasteiger partial charge in [-0.1, -0.05) is 35.7 Å². The smallest absolute Gasteiger partial charge is 0.321 e. The fraction of sp³-hybridized carbons (Fsp3) is 0.273. The van der Waals surface area contributed by atoms with Crippen molar-refractivity contribution in [3.63, 3.8) is 0 Å². The molecule has 0 aliphatic heterocycles. The monoisotopic (exact) mass is 218 g/mol. The van der Waals surface area contributed by atoms with E-state index >= 15 is 0 Å². The molecule has 1 aromatic heterocycles. The van der Waals surface area contributed by atoms with E-state index in [1.165, 1.54) is 5.56 Å². The van der Waals surface area contributed by atoms with Gasteiger partial charge < -0.3 is 15.5 Å². The molecule has 0 fully saturated rings. The van der Waals surface area contributed by atoms with Crippen LogP contribution in [0.15, 0.2) is 28.7 Å². The number of aryl methyl sites for hydroxylation is 1. The molecule has 0 aliphatic carbocycles. The van der Waals surface area contributed by atoms with E-state index in [-0.39, 0.29) is 6.01 Å². The highest BCUT2D eigenvalue weighted by atomic mass is 16.4. The molecule has 5 nitrogen and oxygen atoms in total. The van der Waals surface area contributed by atoms with Crippen molar-refractivity contribution >= 4 is 17.7 Å². The SMILES string of the molecule is CCCc1ccc(Nc2nnc(N)o2)cc1. The third-order valence-corrected chi connectivity index (χ3v) is 2.18. The van der Waals surface area contributed by atoms with Gasteiger partial charge in [0.25, 0.3) is 0 Å². The average molecular weight is 218 g/mol. The summed E-state index contributed by atoms with van der Waals surface area (Å²) in [6, 6.07) is 8.47. The Morgan fingerprint density at radius 3 is 2.56 bits per heavy atom. The first-order valence-corrected chi connectivity index (χ1v) is 5.23. The Morgan fingerprint density at radius 2 is 2.00 bits per heavy atom.